The lowest BCUT2D eigenvalue weighted by Crippen LogP contribution is -2.38. The van der Waals surface area contributed by atoms with Gasteiger partial charge < -0.3 is 5.73 Å². The Bertz CT molecular complexity index is 465. The number of benzene rings is 1. The van der Waals surface area contributed by atoms with Crippen LogP contribution in [0.5, 0.6) is 0 Å². The molecule has 1 saturated carbocycles. The van der Waals surface area contributed by atoms with Crippen LogP contribution in [0.4, 0.5) is 4.39 Å². The van der Waals surface area contributed by atoms with E-state index in [4.69, 9.17) is 17.3 Å². The number of rotatable bonds is 2. The van der Waals surface area contributed by atoms with E-state index in [9.17, 15) is 4.39 Å². The fourth-order valence-corrected chi connectivity index (χ4v) is 3.84. The first kappa shape index (κ1) is 13.3. The van der Waals surface area contributed by atoms with Gasteiger partial charge in [0.25, 0.3) is 0 Å². The van der Waals surface area contributed by atoms with Gasteiger partial charge in [-0.15, -0.1) is 0 Å². The molecule has 2 nitrogen and oxygen atoms in total. The minimum Gasteiger partial charge on any atom is -0.327 e. The molecule has 1 aromatic carbocycles. The highest BCUT2D eigenvalue weighted by atomic mass is 35.5. The van der Waals surface area contributed by atoms with Crippen LogP contribution in [-0.4, -0.2) is 24.0 Å². The fourth-order valence-electron chi connectivity index (χ4n) is 3.64. The lowest BCUT2D eigenvalue weighted by molar-refractivity contribution is 0.259. The van der Waals surface area contributed by atoms with E-state index >= 15 is 0 Å². The van der Waals surface area contributed by atoms with Crippen LogP contribution in [0.25, 0.3) is 0 Å². The largest absolute Gasteiger partial charge is 0.327 e. The first-order valence-electron chi connectivity index (χ1n) is 7.05. The summed E-state index contributed by atoms with van der Waals surface area (Å²) in [5.74, 6) is 1.13. The Morgan fingerprint density at radius 2 is 2.16 bits per heavy atom. The molecule has 0 amide bonds. The third-order valence-corrected chi connectivity index (χ3v) is 4.87. The van der Waals surface area contributed by atoms with E-state index in [1.165, 1.54) is 18.9 Å². The number of nitrogens with two attached hydrogens (primary N) is 1. The average Bonchev–Trinajstić information content (AvgIpc) is 2.78. The van der Waals surface area contributed by atoms with Crippen molar-refractivity contribution < 1.29 is 4.39 Å². The highest BCUT2D eigenvalue weighted by Gasteiger charge is 2.38. The quantitative estimate of drug-likeness (QED) is 0.903. The van der Waals surface area contributed by atoms with E-state index in [2.05, 4.69) is 4.90 Å². The van der Waals surface area contributed by atoms with Crippen LogP contribution in [0.3, 0.4) is 0 Å². The van der Waals surface area contributed by atoms with Crippen molar-refractivity contribution in [1.29, 1.82) is 0 Å². The molecule has 4 heteroatoms. The number of halogens is 2. The Labute approximate surface area is 118 Å². The third kappa shape index (κ3) is 2.78. The van der Waals surface area contributed by atoms with Gasteiger partial charge in [0.2, 0.25) is 0 Å². The molecule has 0 spiro atoms. The summed E-state index contributed by atoms with van der Waals surface area (Å²) in [5, 5.41) is 0.602. The summed E-state index contributed by atoms with van der Waals surface area (Å²) in [5.41, 5.74) is 6.90. The van der Waals surface area contributed by atoms with Crippen LogP contribution in [-0.2, 0) is 6.54 Å². The van der Waals surface area contributed by atoms with Crippen molar-refractivity contribution in [3.63, 3.8) is 0 Å². The van der Waals surface area contributed by atoms with Crippen LogP contribution < -0.4 is 5.73 Å². The van der Waals surface area contributed by atoms with Gasteiger partial charge >= 0.3 is 0 Å². The Hall–Kier alpha value is -0.640. The number of hydrogen-bond acceptors (Lipinski definition) is 2. The van der Waals surface area contributed by atoms with Gasteiger partial charge in [-0.1, -0.05) is 18.0 Å². The monoisotopic (exact) mass is 282 g/mol. The zero-order chi connectivity index (χ0) is 13.4. The second-order valence-electron chi connectivity index (χ2n) is 5.95. The lowest BCUT2D eigenvalue weighted by atomic mass is 9.78. The number of nitrogens with zero attached hydrogens (tertiary/aromatic N) is 1. The maximum absolute atomic E-state index is 13.8. The molecule has 2 aliphatic rings. The topological polar surface area (TPSA) is 29.3 Å². The van der Waals surface area contributed by atoms with E-state index in [-0.39, 0.29) is 5.82 Å². The molecule has 2 N–H and O–H groups in total. The summed E-state index contributed by atoms with van der Waals surface area (Å²) in [7, 11) is 0. The van der Waals surface area contributed by atoms with Crippen molar-refractivity contribution in [3.8, 4) is 0 Å². The molecule has 1 aromatic rings. The Balaban J connectivity index is 1.70. The SMILES string of the molecule is NC1CCCC2CN(Cc3cc(Cl)ccc3F)CC12. The van der Waals surface area contributed by atoms with Crippen LogP contribution >= 0.6 is 11.6 Å². The normalized spacial score (nSPS) is 31.4. The molecule has 104 valence electrons. The molecule has 3 rings (SSSR count). The Kier molecular flexibility index (Phi) is 3.79. The maximum Gasteiger partial charge on any atom is 0.127 e. The molecule has 0 aromatic heterocycles. The smallest absolute Gasteiger partial charge is 0.127 e. The van der Waals surface area contributed by atoms with Gasteiger partial charge in [-0.2, -0.15) is 0 Å². The van der Waals surface area contributed by atoms with Gasteiger partial charge in [0.15, 0.2) is 0 Å². The first-order valence-corrected chi connectivity index (χ1v) is 7.43. The number of hydrogen-bond donors (Lipinski definition) is 1. The summed E-state index contributed by atoms with van der Waals surface area (Å²) in [6.07, 6.45) is 3.65. The molecule has 1 aliphatic heterocycles. The Morgan fingerprint density at radius 3 is 2.95 bits per heavy atom. The van der Waals surface area contributed by atoms with Crippen molar-refractivity contribution in [3.05, 3.63) is 34.6 Å². The molecule has 1 saturated heterocycles. The molecule has 3 unspecified atom stereocenters. The van der Waals surface area contributed by atoms with Crippen molar-refractivity contribution in [2.75, 3.05) is 13.1 Å². The first-order chi connectivity index (χ1) is 9.13. The van der Waals surface area contributed by atoms with Gasteiger partial charge in [-0.25, -0.2) is 4.39 Å². The number of fused-ring (bicyclic) bond motifs is 1. The molecule has 1 heterocycles. The summed E-state index contributed by atoms with van der Waals surface area (Å²) in [4.78, 5) is 2.33. The maximum atomic E-state index is 13.8. The molecule has 2 fully saturated rings. The van der Waals surface area contributed by atoms with Crippen molar-refractivity contribution in [1.82, 2.24) is 4.90 Å². The molecular formula is C15H20ClFN2. The standard InChI is InChI=1S/C15H20ClFN2/c16-12-4-5-14(17)11(6-12)8-19-7-10-2-1-3-15(18)13(10)9-19/h4-6,10,13,15H,1-3,7-9,18H2. The molecule has 0 bridgehead atoms. The Morgan fingerprint density at radius 1 is 1.32 bits per heavy atom. The minimum absolute atomic E-state index is 0.163. The molecule has 1 aliphatic carbocycles. The van der Waals surface area contributed by atoms with Crippen molar-refractivity contribution in [2.24, 2.45) is 17.6 Å². The highest BCUT2D eigenvalue weighted by Crippen LogP contribution is 2.36. The summed E-state index contributed by atoms with van der Waals surface area (Å²) in [6.45, 7) is 2.69. The predicted octanol–water partition coefficient (Wildman–Crippen LogP) is 3.04. The van der Waals surface area contributed by atoms with Crippen molar-refractivity contribution >= 4 is 11.6 Å². The van der Waals surface area contributed by atoms with Crippen LogP contribution in [0.2, 0.25) is 5.02 Å². The third-order valence-electron chi connectivity index (χ3n) is 4.63. The van der Waals surface area contributed by atoms with Crippen LogP contribution in [0, 0.1) is 17.7 Å². The fraction of sp³-hybridized carbons (Fsp3) is 0.600. The zero-order valence-corrected chi connectivity index (χ0v) is 11.7. The van der Waals surface area contributed by atoms with Gasteiger partial charge in [-0.3, -0.25) is 4.90 Å². The van der Waals surface area contributed by atoms with Gasteiger partial charge in [0.05, 0.1) is 0 Å². The van der Waals surface area contributed by atoms with E-state index in [1.807, 2.05) is 0 Å². The zero-order valence-electron chi connectivity index (χ0n) is 11.0. The molecular weight excluding hydrogens is 263 g/mol. The van der Waals surface area contributed by atoms with E-state index in [1.54, 1.807) is 12.1 Å². The molecule has 19 heavy (non-hydrogen) atoms. The average molecular weight is 283 g/mol. The highest BCUT2D eigenvalue weighted by molar-refractivity contribution is 6.30. The predicted molar refractivity (Wildman–Crippen MR) is 75.5 cm³/mol. The molecule has 0 radical (unpaired) electrons. The minimum atomic E-state index is -0.163. The van der Waals surface area contributed by atoms with Gasteiger partial charge in [0, 0.05) is 36.3 Å². The summed E-state index contributed by atoms with van der Waals surface area (Å²) >= 11 is 5.94. The summed E-state index contributed by atoms with van der Waals surface area (Å²) < 4.78 is 13.8. The lowest BCUT2D eigenvalue weighted by Gasteiger charge is -2.29. The second-order valence-corrected chi connectivity index (χ2v) is 6.38. The molecule has 3 atom stereocenters. The summed E-state index contributed by atoms with van der Waals surface area (Å²) in [6, 6.07) is 5.11. The van der Waals surface area contributed by atoms with E-state index in [0.29, 0.717) is 35.0 Å². The number of likely N-dealkylation sites (tertiary alicyclic amines) is 1. The van der Waals surface area contributed by atoms with E-state index in [0.717, 1.165) is 19.5 Å². The van der Waals surface area contributed by atoms with E-state index < -0.39 is 0 Å². The second kappa shape index (κ2) is 5.39. The van der Waals surface area contributed by atoms with Gasteiger partial charge in [-0.05, 0) is 42.9 Å². The van der Waals surface area contributed by atoms with Crippen LogP contribution in [0.15, 0.2) is 18.2 Å². The van der Waals surface area contributed by atoms with Gasteiger partial charge in [0.1, 0.15) is 5.82 Å². The van der Waals surface area contributed by atoms with Crippen LogP contribution in [0.1, 0.15) is 24.8 Å². The van der Waals surface area contributed by atoms with Crippen molar-refractivity contribution in [2.45, 2.75) is 31.8 Å².